The zero-order valence-electron chi connectivity index (χ0n) is 13.2. The summed E-state index contributed by atoms with van der Waals surface area (Å²) in [5.74, 6) is 0.391. The Kier molecular flexibility index (Phi) is 4.00. The lowest BCUT2D eigenvalue weighted by Gasteiger charge is -2.19. The van der Waals surface area contributed by atoms with Gasteiger partial charge in [0.25, 0.3) is 5.91 Å². The van der Waals surface area contributed by atoms with Crippen LogP contribution in [-0.2, 0) is 12.0 Å². The fraction of sp³-hybridized carbons (Fsp3) is 0.471. The molecule has 0 saturated heterocycles. The van der Waals surface area contributed by atoms with Gasteiger partial charge in [0, 0.05) is 12.5 Å². The smallest absolute Gasteiger partial charge is 0.265 e. The summed E-state index contributed by atoms with van der Waals surface area (Å²) in [5, 5.41) is 7.07. The second-order valence-electron chi connectivity index (χ2n) is 6.89. The third-order valence-corrected chi connectivity index (χ3v) is 4.70. The minimum Gasteiger partial charge on any atom is -0.347 e. The van der Waals surface area contributed by atoms with Gasteiger partial charge in [0.2, 0.25) is 0 Å². The summed E-state index contributed by atoms with van der Waals surface area (Å²) in [6.07, 6.45) is 2.25. The average Bonchev–Trinajstić information content (AvgIpc) is 3.21. The van der Waals surface area contributed by atoms with Crippen LogP contribution in [0.3, 0.4) is 0 Å². The molecule has 1 N–H and O–H groups in total. The molecule has 0 radical (unpaired) electrons. The van der Waals surface area contributed by atoms with Crippen molar-refractivity contribution in [1.82, 2.24) is 14.9 Å². The van der Waals surface area contributed by atoms with Gasteiger partial charge in [-0.05, 0) is 40.9 Å². The van der Waals surface area contributed by atoms with E-state index in [0.29, 0.717) is 17.3 Å². The Balaban J connectivity index is 1.62. The molecular weight excluding hydrogens is 294 g/mol. The van der Waals surface area contributed by atoms with Crippen LogP contribution in [0.5, 0.6) is 0 Å². The molecule has 1 aliphatic carbocycles. The first-order chi connectivity index (χ1) is 10.4. The molecule has 1 aliphatic rings. The van der Waals surface area contributed by atoms with Crippen LogP contribution in [0.15, 0.2) is 24.3 Å². The number of nitrogens with zero attached hydrogens (tertiary/aromatic N) is 2. The Morgan fingerprint density at radius 1 is 1.27 bits per heavy atom. The minimum absolute atomic E-state index is 0.0585. The normalized spacial score (nSPS) is 14.9. The zero-order valence-corrected chi connectivity index (χ0v) is 14.0. The second kappa shape index (κ2) is 5.80. The molecular formula is C17H21N3OS. The third kappa shape index (κ3) is 3.35. The average molecular weight is 315 g/mol. The van der Waals surface area contributed by atoms with Crippen LogP contribution >= 0.6 is 11.5 Å². The molecule has 0 bridgehead atoms. The number of carbonyl (C=O) groups is 1. The molecule has 5 heteroatoms. The maximum Gasteiger partial charge on any atom is 0.265 e. The van der Waals surface area contributed by atoms with Crippen LogP contribution in [0.1, 0.15) is 66.0 Å². The summed E-state index contributed by atoms with van der Waals surface area (Å²) in [5.41, 5.74) is 3.43. The highest BCUT2D eigenvalue weighted by molar-refractivity contribution is 7.08. The molecule has 3 rings (SSSR count). The van der Waals surface area contributed by atoms with Gasteiger partial charge in [-0.2, -0.15) is 0 Å². The lowest BCUT2D eigenvalue weighted by Crippen LogP contribution is -2.23. The van der Waals surface area contributed by atoms with E-state index in [1.54, 1.807) is 0 Å². The van der Waals surface area contributed by atoms with E-state index in [1.807, 2.05) is 0 Å². The van der Waals surface area contributed by atoms with E-state index in [2.05, 4.69) is 59.9 Å². The van der Waals surface area contributed by atoms with Crippen molar-refractivity contribution in [2.75, 3.05) is 0 Å². The van der Waals surface area contributed by atoms with E-state index in [1.165, 1.54) is 17.1 Å². The lowest BCUT2D eigenvalue weighted by molar-refractivity contribution is 0.0954. The number of rotatable bonds is 4. The van der Waals surface area contributed by atoms with Crippen LogP contribution < -0.4 is 5.32 Å². The molecule has 1 amide bonds. The molecule has 0 unspecified atom stereocenters. The van der Waals surface area contributed by atoms with Gasteiger partial charge < -0.3 is 5.32 Å². The van der Waals surface area contributed by atoms with Gasteiger partial charge in [-0.3, -0.25) is 4.79 Å². The zero-order chi connectivity index (χ0) is 15.7. The van der Waals surface area contributed by atoms with Crippen LogP contribution in [0.25, 0.3) is 0 Å². The summed E-state index contributed by atoms with van der Waals surface area (Å²) < 4.78 is 3.93. The predicted molar refractivity (Wildman–Crippen MR) is 88.2 cm³/mol. The van der Waals surface area contributed by atoms with Crippen molar-refractivity contribution in [3.8, 4) is 0 Å². The minimum atomic E-state index is -0.0585. The summed E-state index contributed by atoms with van der Waals surface area (Å²) in [6, 6.07) is 8.41. The maximum absolute atomic E-state index is 12.3. The molecule has 22 heavy (non-hydrogen) atoms. The molecule has 0 aliphatic heterocycles. The van der Waals surface area contributed by atoms with Crippen molar-refractivity contribution >= 4 is 17.4 Å². The van der Waals surface area contributed by atoms with Gasteiger partial charge >= 0.3 is 0 Å². The van der Waals surface area contributed by atoms with E-state index in [-0.39, 0.29) is 11.3 Å². The van der Waals surface area contributed by atoms with E-state index in [9.17, 15) is 4.79 Å². The van der Waals surface area contributed by atoms with E-state index >= 15 is 0 Å². The van der Waals surface area contributed by atoms with Crippen LogP contribution in [-0.4, -0.2) is 15.5 Å². The van der Waals surface area contributed by atoms with Gasteiger partial charge in [0.05, 0.1) is 5.69 Å². The first-order valence-corrected chi connectivity index (χ1v) is 8.42. The molecule has 0 atom stereocenters. The van der Waals surface area contributed by atoms with Gasteiger partial charge in [0.1, 0.15) is 4.88 Å². The fourth-order valence-corrected chi connectivity index (χ4v) is 3.03. The number of amides is 1. The molecule has 1 aromatic heterocycles. The molecule has 0 spiro atoms. The fourth-order valence-electron chi connectivity index (χ4n) is 2.36. The van der Waals surface area contributed by atoms with Crippen molar-refractivity contribution in [2.24, 2.45) is 0 Å². The van der Waals surface area contributed by atoms with E-state index < -0.39 is 0 Å². The van der Waals surface area contributed by atoms with Crippen molar-refractivity contribution in [2.45, 2.75) is 51.5 Å². The van der Waals surface area contributed by atoms with Crippen molar-refractivity contribution in [3.05, 3.63) is 46.0 Å². The number of benzene rings is 1. The van der Waals surface area contributed by atoms with Crippen molar-refractivity contribution < 1.29 is 4.79 Å². The summed E-state index contributed by atoms with van der Waals surface area (Å²) in [6.45, 7) is 7.12. The van der Waals surface area contributed by atoms with Gasteiger partial charge in [0.15, 0.2) is 0 Å². The first kappa shape index (κ1) is 15.2. The number of hydrogen-bond donors (Lipinski definition) is 1. The summed E-state index contributed by atoms with van der Waals surface area (Å²) in [4.78, 5) is 13.0. The molecule has 1 heterocycles. The molecule has 1 aromatic carbocycles. The Morgan fingerprint density at radius 2 is 1.95 bits per heavy atom. The van der Waals surface area contributed by atoms with Gasteiger partial charge in [-0.15, -0.1) is 5.10 Å². The molecule has 2 aromatic rings. The number of nitrogens with one attached hydrogen (secondary N) is 1. The van der Waals surface area contributed by atoms with E-state index in [4.69, 9.17) is 0 Å². The predicted octanol–water partition coefficient (Wildman–Crippen LogP) is 3.64. The number of carbonyl (C=O) groups excluding carboxylic acids is 1. The SMILES string of the molecule is CC(C)(C)c1ccc(CNC(=O)c2snnc2C2CC2)cc1. The lowest BCUT2D eigenvalue weighted by atomic mass is 9.87. The largest absolute Gasteiger partial charge is 0.347 e. The second-order valence-corrected chi connectivity index (χ2v) is 7.65. The number of hydrogen-bond acceptors (Lipinski definition) is 4. The van der Waals surface area contributed by atoms with Gasteiger partial charge in [-0.1, -0.05) is 49.5 Å². The topological polar surface area (TPSA) is 54.9 Å². The molecule has 116 valence electrons. The Morgan fingerprint density at radius 3 is 2.55 bits per heavy atom. The van der Waals surface area contributed by atoms with Gasteiger partial charge in [-0.25, -0.2) is 0 Å². The quantitative estimate of drug-likeness (QED) is 0.937. The first-order valence-electron chi connectivity index (χ1n) is 7.65. The molecule has 4 nitrogen and oxygen atoms in total. The third-order valence-electron chi connectivity index (χ3n) is 3.96. The Labute approximate surface area is 135 Å². The monoisotopic (exact) mass is 315 g/mol. The van der Waals surface area contributed by atoms with Crippen molar-refractivity contribution in [3.63, 3.8) is 0 Å². The molecule has 1 saturated carbocycles. The summed E-state index contributed by atoms with van der Waals surface area (Å²) >= 11 is 1.19. The highest BCUT2D eigenvalue weighted by Crippen LogP contribution is 2.41. The van der Waals surface area contributed by atoms with E-state index in [0.717, 1.165) is 24.1 Å². The number of aromatic nitrogens is 2. The highest BCUT2D eigenvalue weighted by Gasteiger charge is 2.31. The van der Waals surface area contributed by atoms with Crippen LogP contribution in [0, 0.1) is 0 Å². The van der Waals surface area contributed by atoms with Crippen LogP contribution in [0.2, 0.25) is 0 Å². The van der Waals surface area contributed by atoms with Crippen LogP contribution in [0.4, 0.5) is 0 Å². The summed E-state index contributed by atoms with van der Waals surface area (Å²) in [7, 11) is 0. The maximum atomic E-state index is 12.3. The Hall–Kier alpha value is -1.75. The standard InChI is InChI=1S/C17H21N3OS/c1-17(2,3)13-8-4-11(5-9-13)10-18-16(21)15-14(12-6-7-12)19-20-22-15/h4-5,8-9,12H,6-7,10H2,1-3H3,(H,18,21). The Bertz CT molecular complexity index is 666. The highest BCUT2D eigenvalue weighted by atomic mass is 32.1. The molecule has 1 fully saturated rings. The van der Waals surface area contributed by atoms with Crippen molar-refractivity contribution in [1.29, 1.82) is 0 Å².